The zero-order valence-corrected chi connectivity index (χ0v) is 7.81. The molecular weight excluding hydrogens is 138 g/mol. The van der Waals surface area contributed by atoms with Crippen molar-refractivity contribution in [1.29, 1.82) is 0 Å². The van der Waals surface area contributed by atoms with Crippen LogP contribution in [0.2, 0.25) is 0 Å². The van der Waals surface area contributed by atoms with E-state index in [1.54, 1.807) is 7.11 Å². The molecule has 0 saturated heterocycles. The van der Waals surface area contributed by atoms with Gasteiger partial charge in [0, 0.05) is 19.7 Å². The number of methoxy groups -OCH3 is 1. The first-order chi connectivity index (χ1) is 5.20. The van der Waals surface area contributed by atoms with Crippen LogP contribution < -0.4 is 5.32 Å². The Bertz CT molecular complexity index is 112. The number of nitrogens with one attached hydrogen (secondary N) is 1. The SMILES string of the molecule is C=C(CC)CNC(C)COC. The molecule has 0 aromatic rings. The van der Waals surface area contributed by atoms with Crippen LogP contribution in [0.3, 0.4) is 0 Å². The summed E-state index contributed by atoms with van der Waals surface area (Å²) in [6.07, 6.45) is 1.05. The Kier molecular flexibility index (Phi) is 6.18. The molecule has 0 aromatic carbocycles. The van der Waals surface area contributed by atoms with Gasteiger partial charge in [0.1, 0.15) is 0 Å². The monoisotopic (exact) mass is 157 g/mol. The highest BCUT2D eigenvalue weighted by atomic mass is 16.5. The molecule has 0 radical (unpaired) electrons. The Labute approximate surface area is 69.6 Å². The Morgan fingerprint density at radius 2 is 2.27 bits per heavy atom. The summed E-state index contributed by atoms with van der Waals surface area (Å²) in [5.74, 6) is 0. The molecule has 66 valence electrons. The van der Waals surface area contributed by atoms with E-state index in [1.165, 1.54) is 5.57 Å². The minimum Gasteiger partial charge on any atom is -0.383 e. The van der Waals surface area contributed by atoms with E-state index in [-0.39, 0.29) is 0 Å². The van der Waals surface area contributed by atoms with Crippen molar-refractivity contribution < 1.29 is 4.74 Å². The average molecular weight is 157 g/mol. The summed E-state index contributed by atoms with van der Waals surface area (Å²) in [6, 6.07) is 0.420. The molecule has 2 nitrogen and oxygen atoms in total. The first-order valence-electron chi connectivity index (χ1n) is 4.09. The molecule has 0 saturated carbocycles. The van der Waals surface area contributed by atoms with Crippen molar-refractivity contribution in [2.24, 2.45) is 0 Å². The van der Waals surface area contributed by atoms with Crippen molar-refractivity contribution in [3.63, 3.8) is 0 Å². The lowest BCUT2D eigenvalue weighted by atomic mass is 10.2. The highest BCUT2D eigenvalue weighted by Crippen LogP contribution is 1.94. The van der Waals surface area contributed by atoms with Gasteiger partial charge in [-0.3, -0.25) is 0 Å². The zero-order chi connectivity index (χ0) is 8.69. The molecule has 11 heavy (non-hydrogen) atoms. The Morgan fingerprint density at radius 3 is 2.73 bits per heavy atom. The Hall–Kier alpha value is -0.340. The van der Waals surface area contributed by atoms with E-state index >= 15 is 0 Å². The van der Waals surface area contributed by atoms with E-state index in [4.69, 9.17) is 4.74 Å². The van der Waals surface area contributed by atoms with Crippen LogP contribution in [0.15, 0.2) is 12.2 Å². The molecule has 0 aliphatic carbocycles. The molecule has 0 fully saturated rings. The molecular formula is C9H19NO. The number of ether oxygens (including phenoxy) is 1. The van der Waals surface area contributed by atoms with Crippen molar-refractivity contribution >= 4 is 0 Å². The predicted molar refractivity (Wildman–Crippen MR) is 48.8 cm³/mol. The Balaban J connectivity index is 3.29. The van der Waals surface area contributed by atoms with Gasteiger partial charge in [0.25, 0.3) is 0 Å². The maximum absolute atomic E-state index is 4.98. The van der Waals surface area contributed by atoms with Crippen LogP contribution in [0.25, 0.3) is 0 Å². The molecule has 1 N–H and O–H groups in total. The topological polar surface area (TPSA) is 21.3 Å². The third-order valence-electron chi connectivity index (χ3n) is 1.62. The van der Waals surface area contributed by atoms with E-state index < -0.39 is 0 Å². The smallest absolute Gasteiger partial charge is 0.0613 e. The summed E-state index contributed by atoms with van der Waals surface area (Å²) in [4.78, 5) is 0. The highest BCUT2D eigenvalue weighted by molar-refractivity contribution is 4.95. The zero-order valence-electron chi connectivity index (χ0n) is 7.81. The van der Waals surface area contributed by atoms with Crippen LogP contribution in [0, 0.1) is 0 Å². The molecule has 1 unspecified atom stereocenters. The molecule has 0 aliphatic rings. The van der Waals surface area contributed by atoms with E-state index in [2.05, 4.69) is 25.7 Å². The standard InChI is InChI=1S/C9H19NO/c1-5-8(2)6-10-9(3)7-11-4/h9-10H,2,5-7H2,1,3-4H3. The fourth-order valence-electron chi connectivity index (χ4n) is 0.752. The minimum atomic E-state index is 0.420. The predicted octanol–water partition coefficient (Wildman–Crippen LogP) is 1.58. The molecule has 2 heteroatoms. The van der Waals surface area contributed by atoms with Crippen LogP contribution in [0.4, 0.5) is 0 Å². The van der Waals surface area contributed by atoms with E-state index in [0.29, 0.717) is 6.04 Å². The molecule has 1 atom stereocenters. The normalized spacial score (nSPS) is 13.0. The van der Waals surface area contributed by atoms with Gasteiger partial charge in [-0.1, -0.05) is 19.1 Å². The summed E-state index contributed by atoms with van der Waals surface area (Å²) in [6.45, 7) is 9.79. The fraction of sp³-hybridized carbons (Fsp3) is 0.778. The summed E-state index contributed by atoms with van der Waals surface area (Å²) in [5, 5.41) is 3.31. The van der Waals surface area contributed by atoms with Gasteiger partial charge in [-0.2, -0.15) is 0 Å². The van der Waals surface area contributed by atoms with Crippen molar-refractivity contribution in [2.75, 3.05) is 20.3 Å². The largest absolute Gasteiger partial charge is 0.383 e. The molecule has 0 amide bonds. The van der Waals surface area contributed by atoms with Gasteiger partial charge in [0.2, 0.25) is 0 Å². The van der Waals surface area contributed by atoms with Gasteiger partial charge in [0.15, 0.2) is 0 Å². The number of hydrogen-bond donors (Lipinski definition) is 1. The second-order valence-corrected chi connectivity index (χ2v) is 2.84. The maximum Gasteiger partial charge on any atom is 0.0613 e. The first kappa shape index (κ1) is 10.7. The lowest BCUT2D eigenvalue weighted by Crippen LogP contribution is -2.31. The third-order valence-corrected chi connectivity index (χ3v) is 1.62. The van der Waals surface area contributed by atoms with Crippen molar-refractivity contribution in [1.82, 2.24) is 5.32 Å². The summed E-state index contributed by atoms with van der Waals surface area (Å²) < 4.78 is 4.98. The molecule has 0 heterocycles. The molecule has 0 aromatic heterocycles. The van der Waals surface area contributed by atoms with Crippen molar-refractivity contribution in [3.05, 3.63) is 12.2 Å². The summed E-state index contributed by atoms with van der Waals surface area (Å²) in [7, 11) is 1.72. The van der Waals surface area contributed by atoms with Gasteiger partial charge in [0.05, 0.1) is 6.61 Å². The van der Waals surface area contributed by atoms with Crippen molar-refractivity contribution in [3.8, 4) is 0 Å². The lowest BCUT2D eigenvalue weighted by Gasteiger charge is -2.12. The van der Waals surface area contributed by atoms with Gasteiger partial charge < -0.3 is 10.1 Å². The van der Waals surface area contributed by atoms with Crippen molar-refractivity contribution in [2.45, 2.75) is 26.3 Å². The first-order valence-corrected chi connectivity index (χ1v) is 4.09. The lowest BCUT2D eigenvalue weighted by molar-refractivity contribution is 0.173. The van der Waals surface area contributed by atoms with Gasteiger partial charge in [-0.15, -0.1) is 0 Å². The van der Waals surface area contributed by atoms with E-state index in [0.717, 1.165) is 19.6 Å². The van der Waals surface area contributed by atoms with E-state index in [9.17, 15) is 0 Å². The molecule has 0 spiro atoms. The van der Waals surface area contributed by atoms with Gasteiger partial charge in [-0.05, 0) is 13.3 Å². The minimum absolute atomic E-state index is 0.420. The second kappa shape index (κ2) is 6.38. The van der Waals surface area contributed by atoms with Crippen LogP contribution in [-0.4, -0.2) is 26.3 Å². The Morgan fingerprint density at radius 1 is 1.64 bits per heavy atom. The third kappa shape index (κ3) is 6.07. The van der Waals surface area contributed by atoms with Crippen LogP contribution >= 0.6 is 0 Å². The maximum atomic E-state index is 4.98. The summed E-state index contributed by atoms with van der Waals surface area (Å²) >= 11 is 0. The van der Waals surface area contributed by atoms with Crippen LogP contribution in [-0.2, 0) is 4.74 Å². The van der Waals surface area contributed by atoms with Crippen LogP contribution in [0.5, 0.6) is 0 Å². The number of hydrogen-bond acceptors (Lipinski definition) is 2. The van der Waals surface area contributed by atoms with E-state index in [1.807, 2.05) is 0 Å². The molecule has 0 bridgehead atoms. The van der Waals surface area contributed by atoms with Gasteiger partial charge >= 0.3 is 0 Å². The molecule has 0 aliphatic heterocycles. The quantitative estimate of drug-likeness (QED) is 0.591. The fourth-order valence-corrected chi connectivity index (χ4v) is 0.752. The summed E-state index contributed by atoms with van der Waals surface area (Å²) in [5.41, 5.74) is 1.24. The van der Waals surface area contributed by atoms with Gasteiger partial charge in [-0.25, -0.2) is 0 Å². The highest BCUT2D eigenvalue weighted by Gasteiger charge is 1.98. The average Bonchev–Trinajstić information content (AvgIpc) is 2.01. The molecule has 0 rings (SSSR count). The number of rotatable bonds is 6. The van der Waals surface area contributed by atoms with Crippen LogP contribution in [0.1, 0.15) is 20.3 Å². The second-order valence-electron chi connectivity index (χ2n) is 2.84.